The summed E-state index contributed by atoms with van der Waals surface area (Å²) in [5.41, 5.74) is 7.13. The molecule has 3 aromatic heterocycles. The third-order valence-corrected chi connectivity index (χ3v) is 2.48. The van der Waals surface area contributed by atoms with E-state index in [9.17, 15) is 0 Å². The van der Waals surface area contributed by atoms with Gasteiger partial charge in [-0.05, 0) is 18.6 Å². The maximum atomic E-state index is 5.57. The Morgan fingerprint density at radius 1 is 1.44 bits per heavy atom. The lowest BCUT2D eigenvalue weighted by Gasteiger charge is -1.93. The molecule has 92 valence electrons. The van der Waals surface area contributed by atoms with Crippen LogP contribution in [-0.2, 0) is 6.54 Å². The Labute approximate surface area is 102 Å². The molecule has 0 radical (unpaired) electrons. The molecule has 0 unspecified atom stereocenters. The fraction of sp³-hybridized carbons (Fsp3) is 0.182. The van der Waals surface area contributed by atoms with Crippen LogP contribution in [0.4, 0.5) is 5.69 Å². The largest absolute Gasteiger partial charge is 0.461 e. The number of hydrogen-bond acceptors (Lipinski definition) is 6. The first-order chi connectivity index (χ1) is 8.72. The molecule has 18 heavy (non-hydrogen) atoms. The predicted molar refractivity (Wildman–Crippen MR) is 62.5 cm³/mol. The van der Waals surface area contributed by atoms with E-state index in [0.717, 1.165) is 5.56 Å². The van der Waals surface area contributed by atoms with Crippen LogP contribution >= 0.6 is 0 Å². The number of aromatic nitrogens is 4. The van der Waals surface area contributed by atoms with E-state index in [1.54, 1.807) is 23.3 Å². The molecule has 0 aliphatic rings. The zero-order valence-corrected chi connectivity index (χ0v) is 9.70. The molecule has 0 saturated carbocycles. The van der Waals surface area contributed by atoms with Gasteiger partial charge in [0.1, 0.15) is 6.54 Å². The molecular formula is C11H11N5O2. The van der Waals surface area contributed by atoms with Crippen molar-refractivity contribution in [3.05, 3.63) is 36.2 Å². The van der Waals surface area contributed by atoms with Crippen molar-refractivity contribution in [2.75, 3.05) is 5.73 Å². The van der Waals surface area contributed by atoms with Gasteiger partial charge in [-0.25, -0.2) is 0 Å². The van der Waals surface area contributed by atoms with Crippen LogP contribution in [-0.4, -0.2) is 19.9 Å². The Bertz CT molecular complexity index is 666. The molecule has 0 amide bonds. The highest BCUT2D eigenvalue weighted by atomic mass is 16.5. The maximum absolute atomic E-state index is 5.57. The van der Waals surface area contributed by atoms with E-state index in [0.29, 0.717) is 29.7 Å². The fourth-order valence-corrected chi connectivity index (χ4v) is 1.62. The Kier molecular flexibility index (Phi) is 2.36. The van der Waals surface area contributed by atoms with Crippen molar-refractivity contribution in [1.82, 2.24) is 19.9 Å². The Hall–Kier alpha value is -2.57. The SMILES string of the molecule is Cc1ccoc1-c1noc(Cn2cc(N)cn2)n1. The molecule has 0 aromatic carbocycles. The van der Waals surface area contributed by atoms with Gasteiger partial charge < -0.3 is 14.7 Å². The molecule has 3 heterocycles. The molecule has 7 nitrogen and oxygen atoms in total. The minimum Gasteiger partial charge on any atom is -0.461 e. The minimum absolute atomic E-state index is 0.379. The highest BCUT2D eigenvalue weighted by molar-refractivity contribution is 5.50. The molecule has 2 N–H and O–H groups in total. The van der Waals surface area contributed by atoms with Crippen molar-refractivity contribution < 1.29 is 8.94 Å². The molecule has 0 bridgehead atoms. The zero-order valence-electron chi connectivity index (χ0n) is 9.70. The zero-order chi connectivity index (χ0) is 12.5. The van der Waals surface area contributed by atoms with Gasteiger partial charge >= 0.3 is 0 Å². The molecule has 3 rings (SSSR count). The minimum atomic E-state index is 0.379. The van der Waals surface area contributed by atoms with Gasteiger partial charge in [-0.15, -0.1) is 0 Å². The lowest BCUT2D eigenvalue weighted by Crippen LogP contribution is -2.00. The summed E-state index contributed by atoms with van der Waals surface area (Å²) in [6.45, 7) is 2.30. The normalized spacial score (nSPS) is 10.9. The Balaban J connectivity index is 1.84. The van der Waals surface area contributed by atoms with E-state index in [4.69, 9.17) is 14.7 Å². The van der Waals surface area contributed by atoms with Gasteiger partial charge in [0.2, 0.25) is 11.7 Å². The Morgan fingerprint density at radius 3 is 3.00 bits per heavy atom. The highest BCUT2D eigenvalue weighted by Crippen LogP contribution is 2.21. The standard InChI is InChI=1S/C11H11N5O2/c1-7-2-3-17-10(7)11-14-9(18-15-11)6-16-5-8(12)4-13-16/h2-5H,6,12H2,1H3. The molecule has 0 atom stereocenters. The van der Waals surface area contributed by atoms with E-state index in [1.165, 1.54) is 0 Å². The van der Waals surface area contributed by atoms with Gasteiger partial charge in [0.25, 0.3) is 0 Å². The van der Waals surface area contributed by atoms with Gasteiger partial charge in [-0.3, -0.25) is 4.68 Å². The third-order valence-electron chi connectivity index (χ3n) is 2.48. The summed E-state index contributed by atoms with van der Waals surface area (Å²) in [6, 6.07) is 1.85. The molecule has 0 spiro atoms. The Morgan fingerprint density at radius 2 is 2.33 bits per heavy atom. The number of nitrogen functional groups attached to an aromatic ring is 1. The fourth-order valence-electron chi connectivity index (χ4n) is 1.62. The second kappa shape index (κ2) is 4.02. The summed E-state index contributed by atoms with van der Waals surface area (Å²) in [5.74, 6) is 1.50. The van der Waals surface area contributed by atoms with Crippen molar-refractivity contribution in [3.8, 4) is 11.6 Å². The molecule has 0 saturated heterocycles. The smallest absolute Gasteiger partial charge is 0.248 e. The van der Waals surface area contributed by atoms with Crippen molar-refractivity contribution in [2.24, 2.45) is 0 Å². The van der Waals surface area contributed by atoms with Gasteiger partial charge in [0.15, 0.2) is 5.76 Å². The summed E-state index contributed by atoms with van der Waals surface area (Å²) >= 11 is 0. The molecule has 0 aliphatic heterocycles. The van der Waals surface area contributed by atoms with Gasteiger partial charge in [-0.2, -0.15) is 10.1 Å². The van der Waals surface area contributed by atoms with E-state index >= 15 is 0 Å². The van der Waals surface area contributed by atoms with Crippen molar-refractivity contribution in [3.63, 3.8) is 0 Å². The number of nitrogens with two attached hydrogens (primary N) is 1. The summed E-state index contributed by atoms with van der Waals surface area (Å²) in [5, 5.41) is 7.91. The first-order valence-electron chi connectivity index (χ1n) is 5.37. The molecule has 0 aliphatic carbocycles. The van der Waals surface area contributed by atoms with Crippen LogP contribution in [0.5, 0.6) is 0 Å². The predicted octanol–water partition coefficient (Wildman–Crippen LogP) is 1.47. The average Bonchev–Trinajstić information content (AvgIpc) is 3.02. The van der Waals surface area contributed by atoms with E-state index in [2.05, 4.69) is 15.2 Å². The van der Waals surface area contributed by atoms with Crippen molar-refractivity contribution in [2.45, 2.75) is 13.5 Å². The van der Waals surface area contributed by atoms with Crippen LogP contribution in [0.25, 0.3) is 11.6 Å². The van der Waals surface area contributed by atoms with Crippen LogP contribution in [0.1, 0.15) is 11.5 Å². The monoisotopic (exact) mass is 245 g/mol. The molecule has 7 heteroatoms. The number of nitrogens with zero attached hydrogens (tertiary/aromatic N) is 4. The summed E-state index contributed by atoms with van der Waals surface area (Å²) in [4.78, 5) is 4.24. The van der Waals surface area contributed by atoms with E-state index in [1.807, 2.05) is 13.0 Å². The number of anilines is 1. The van der Waals surface area contributed by atoms with Crippen LogP contribution in [0.3, 0.4) is 0 Å². The van der Waals surface area contributed by atoms with Gasteiger partial charge in [0, 0.05) is 6.20 Å². The van der Waals surface area contributed by atoms with Crippen molar-refractivity contribution in [1.29, 1.82) is 0 Å². The number of rotatable bonds is 3. The average molecular weight is 245 g/mol. The molecule has 0 fully saturated rings. The quantitative estimate of drug-likeness (QED) is 0.750. The second-order valence-corrected chi connectivity index (χ2v) is 3.92. The number of aryl methyl sites for hydroxylation is 1. The first kappa shape index (κ1) is 10.6. The lowest BCUT2D eigenvalue weighted by atomic mass is 10.3. The summed E-state index contributed by atoms with van der Waals surface area (Å²) in [7, 11) is 0. The van der Waals surface area contributed by atoms with Gasteiger partial charge in [-0.1, -0.05) is 5.16 Å². The summed E-state index contributed by atoms with van der Waals surface area (Å²) < 4.78 is 12.1. The highest BCUT2D eigenvalue weighted by Gasteiger charge is 2.14. The summed E-state index contributed by atoms with van der Waals surface area (Å²) in [6.07, 6.45) is 4.85. The topological polar surface area (TPSA) is 95.9 Å². The van der Waals surface area contributed by atoms with E-state index < -0.39 is 0 Å². The number of hydrogen-bond donors (Lipinski definition) is 1. The van der Waals surface area contributed by atoms with Crippen LogP contribution in [0.2, 0.25) is 0 Å². The maximum Gasteiger partial charge on any atom is 0.248 e. The lowest BCUT2D eigenvalue weighted by molar-refractivity contribution is 0.365. The van der Waals surface area contributed by atoms with Gasteiger partial charge in [0.05, 0.1) is 18.1 Å². The first-order valence-corrected chi connectivity index (χ1v) is 5.37. The second-order valence-electron chi connectivity index (χ2n) is 3.92. The van der Waals surface area contributed by atoms with E-state index in [-0.39, 0.29) is 0 Å². The molecule has 3 aromatic rings. The van der Waals surface area contributed by atoms with Crippen LogP contribution in [0.15, 0.2) is 33.7 Å². The molecular weight excluding hydrogens is 234 g/mol. The van der Waals surface area contributed by atoms with Crippen molar-refractivity contribution >= 4 is 5.69 Å². The van der Waals surface area contributed by atoms with Crippen LogP contribution < -0.4 is 5.73 Å². The third kappa shape index (κ3) is 1.86. The number of furan rings is 1. The van der Waals surface area contributed by atoms with Crippen LogP contribution in [0, 0.1) is 6.92 Å².